The van der Waals surface area contributed by atoms with Crippen molar-refractivity contribution in [1.82, 2.24) is 4.98 Å². The zero-order chi connectivity index (χ0) is 44.9. The van der Waals surface area contributed by atoms with E-state index in [4.69, 9.17) is 23.7 Å². The van der Waals surface area contributed by atoms with Gasteiger partial charge in [-0.1, -0.05) is 60.7 Å². The normalized spacial score (nSPS) is 12.2. The summed E-state index contributed by atoms with van der Waals surface area (Å²) in [4.78, 5) is 34.2. The first kappa shape index (κ1) is 44.2. The molecule has 0 saturated heterocycles. The monoisotopic (exact) mass is 862 g/mol. The van der Waals surface area contributed by atoms with Crippen molar-refractivity contribution in [2.45, 2.75) is 19.3 Å². The molecule has 0 bridgehead atoms. The molecule has 0 aliphatic carbocycles. The molecule has 1 aliphatic rings. The van der Waals surface area contributed by atoms with E-state index in [1.54, 1.807) is 49.8 Å². The minimum atomic E-state index is -1.21. The lowest BCUT2D eigenvalue weighted by molar-refractivity contribution is -0.385. The van der Waals surface area contributed by atoms with E-state index in [2.05, 4.69) is 10.3 Å². The lowest BCUT2D eigenvalue weighted by atomic mass is 10.0. The first-order chi connectivity index (χ1) is 30.4. The highest BCUT2D eigenvalue weighted by molar-refractivity contribution is 5.82. The highest BCUT2D eigenvalue weighted by atomic mass is 19.2. The van der Waals surface area contributed by atoms with Crippen molar-refractivity contribution in [2.75, 3.05) is 19.5 Å². The number of halogens is 3. The van der Waals surface area contributed by atoms with Crippen LogP contribution in [0.25, 0.3) is 10.9 Å². The van der Waals surface area contributed by atoms with Gasteiger partial charge in [-0.2, -0.15) is 0 Å². The number of hydrogen-bond donors (Lipinski definition) is 2. The standard InChI is InChI=1S/C23H19FN2O5.C17H15NO3.C6H3F2NO2/c1-29-22-12-17-19(13-23(22)30-14-15-5-3-2-4-6-15)25-10-9-20(17)31-21-8-7-16(26(27)28)11-18(21)24;1-20-16-9-13-14(18-8-7-15(13)19)10-17(16)21-11-12-5-3-2-4-6-12;7-5-2-1-4(9(10)11)3-6(5)8/h2-13,20,25H,14H2,1H3;2-10H,11H2,1H3,(H,18,19);1-3H. The van der Waals surface area contributed by atoms with Gasteiger partial charge < -0.3 is 34.0 Å². The highest BCUT2D eigenvalue weighted by Crippen LogP contribution is 2.41. The van der Waals surface area contributed by atoms with Crippen LogP contribution in [0.2, 0.25) is 0 Å². The third-order valence-electron chi connectivity index (χ3n) is 9.16. The zero-order valence-corrected chi connectivity index (χ0v) is 33.5. The van der Waals surface area contributed by atoms with E-state index in [-0.39, 0.29) is 16.9 Å². The highest BCUT2D eigenvalue weighted by Gasteiger charge is 2.24. The van der Waals surface area contributed by atoms with Crippen LogP contribution in [-0.4, -0.2) is 29.1 Å². The molecule has 1 unspecified atom stereocenters. The van der Waals surface area contributed by atoms with Gasteiger partial charge in [0.25, 0.3) is 11.4 Å². The van der Waals surface area contributed by atoms with Gasteiger partial charge in [0.05, 0.1) is 41.7 Å². The van der Waals surface area contributed by atoms with Gasteiger partial charge in [0, 0.05) is 59.4 Å². The molecule has 0 amide bonds. The molecule has 322 valence electrons. The summed E-state index contributed by atoms with van der Waals surface area (Å²) >= 11 is 0. The SMILES string of the molecule is COc1cc2c(=O)cc[nH]c2cc1OCc1ccccc1.COc1cc2c(cc1OCc1ccccc1)NC=CC2Oc1ccc([N+](=O)[O-])cc1F.O=[N+]([O-])c1ccc(F)c(F)c1. The van der Waals surface area contributed by atoms with Crippen LogP contribution < -0.4 is 34.4 Å². The summed E-state index contributed by atoms with van der Waals surface area (Å²) in [6.07, 6.45) is 4.40. The van der Waals surface area contributed by atoms with E-state index in [0.29, 0.717) is 59.3 Å². The predicted octanol–water partition coefficient (Wildman–Crippen LogP) is 10.4. The molecular formula is C46H37F3N4O10. The Hall–Kier alpha value is -8.34. The molecule has 7 aromatic rings. The number of nitro groups is 2. The summed E-state index contributed by atoms with van der Waals surface area (Å²) in [6, 6.07) is 33.6. The number of nitrogens with zero attached hydrogens (tertiary/aromatic N) is 2. The fourth-order valence-corrected chi connectivity index (χ4v) is 6.00. The summed E-state index contributed by atoms with van der Waals surface area (Å²) in [6.45, 7) is 0.819. The second-order valence-electron chi connectivity index (χ2n) is 13.3. The summed E-state index contributed by atoms with van der Waals surface area (Å²) in [5.74, 6) is -0.979. The van der Waals surface area contributed by atoms with Crippen molar-refractivity contribution in [1.29, 1.82) is 0 Å². The summed E-state index contributed by atoms with van der Waals surface area (Å²) in [7, 11) is 3.10. The number of nitro benzene ring substituents is 2. The summed E-state index contributed by atoms with van der Waals surface area (Å²) in [5, 5.41) is 24.5. The number of pyridine rings is 1. The Bertz CT molecular complexity index is 2810. The molecule has 6 aromatic carbocycles. The molecule has 8 rings (SSSR count). The topological polar surface area (TPSA) is 177 Å². The number of fused-ring (bicyclic) bond motifs is 2. The number of non-ortho nitro benzene ring substituents is 2. The Morgan fingerprint density at radius 2 is 1.19 bits per heavy atom. The summed E-state index contributed by atoms with van der Waals surface area (Å²) < 4.78 is 67.1. The van der Waals surface area contributed by atoms with Crippen molar-refractivity contribution >= 4 is 28.0 Å². The maximum atomic E-state index is 14.3. The molecule has 14 nitrogen and oxygen atoms in total. The van der Waals surface area contributed by atoms with Crippen molar-refractivity contribution in [3.8, 4) is 28.7 Å². The quantitative estimate of drug-likeness (QED) is 0.0882. The molecule has 17 heteroatoms. The third kappa shape index (κ3) is 11.5. The maximum absolute atomic E-state index is 14.3. The van der Waals surface area contributed by atoms with Gasteiger partial charge in [-0.25, -0.2) is 13.2 Å². The Morgan fingerprint density at radius 3 is 1.76 bits per heavy atom. The van der Waals surface area contributed by atoms with E-state index in [1.165, 1.54) is 25.3 Å². The van der Waals surface area contributed by atoms with Gasteiger partial charge in [0.15, 0.2) is 51.6 Å². The molecule has 1 aromatic heterocycles. The van der Waals surface area contributed by atoms with E-state index < -0.39 is 39.1 Å². The van der Waals surface area contributed by atoms with Crippen molar-refractivity contribution in [3.63, 3.8) is 0 Å². The van der Waals surface area contributed by atoms with Crippen LogP contribution >= 0.6 is 0 Å². The number of aromatic nitrogens is 1. The van der Waals surface area contributed by atoms with Crippen LogP contribution in [0.1, 0.15) is 22.8 Å². The molecule has 1 atom stereocenters. The first-order valence-electron chi connectivity index (χ1n) is 18.8. The van der Waals surface area contributed by atoms with Crippen molar-refractivity contribution in [2.24, 2.45) is 0 Å². The van der Waals surface area contributed by atoms with Crippen LogP contribution in [0, 0.1) is 37.7 Å². The molecular weight excluding hydrogens is 826 g/mol. The molecule has 0 fully saturated rings. The number of hydrogen-bond acceptors (Lipinski definition) is 11. The van der Waals surface area contributed by atoms with E-state index >= 15 is 0 Å². The Morgan fingerprint density at radius 1 is 0.619 bits per heavy atom. The lowest BCUT2D eigenvalue weighted by Gasteiger charge is -2.25. The molecule has 2 heterocycles. The van der Waals surface area contributed by atoms with Gasteiger partial charge in [-0.05, 0) is 41.5 Å². The van der Waals surface area contributed by atoms with E-state index in [1.807, 2.05) is 60.7 Å². The van der Waals surface area contributed by atoms with Gasteiger partial charge in [-0.3, -0.25) is 25.0 Å². The van der Waals surface area contributed by atoms with Gasteiger partial charge in [0.2, 0.25) is 0 Å². The second kappa shape index (κ2) is 20.8. The molecule has 0 radical (unpaired) electrons. The van der Waals surface area contributed by atoms with Crippen LogP contribution in [-0.2, 0) is 13.2 Å². The number of ether oxygens (including phenoxy) is 5. The molecule has 2 N–H and O–H groups in total. The van der Waals surface area contributed by atoms with E-state index in [0.717, 1.165) is 34.5 Å². The average molecular weight is 863 g/mol. The maximum Gasteiger partial charge on any atom is 0.272 e. The number of rotatable bonds is 12. The first-order valence-corrected chi connectivity index (χ1v) is 18.8. The smallest absolute Gasteiger partial charge is 0.272 e. The number of benzene rings is 6. The van der Waals surface area contributed by atoms with Gasteiger partial charge in [0.1, 0.15) is 19.3 Å². The van der Waals surface area contributed by atoms with E-state index in [9.17, 15) is 38.2 Å². The average Bonchev–Trinajstić information content (AvgIpc) is 3.29. The van der Waals surface area contributed by atoms with Gasteiger partial charge in [-0.15, -0.1) is 0 Å². The minimum Gasteiger partial charge on any atom is -0.493 e. The van der Waals surface area contributed by atoms with Gasteiger partial charge >= 0.3 is 0 Å². The second-order valence-corrected chi connectivity index (χ2v) is 13.3. The van der Waals surface area contributed by atoms with Crippen LogP contribution in [0.5, 0.6) is 28.7 Å². The number of methoxy groups -OCH3 is 2. The van der Waals surface area contributed by atoms with Crippen molar-refractivity contribution in [3.05, 3.63) is 210 Å². The summed E-state index contributed by atoms with van der Waals surface area (Å²) in [5.41, 5.74) is 3.41. The number of aromatic amines is 1. The van der Waals surface area contributed by atoms with Crippen molar-refractivity contribution < 1.29 is 46.7 Å². The van der Waals surface area contributed by atoms with Crippen LogP contribution in [0.15, 0.2) is 151 Å². The Labute approximate surface area is 357 Å². The predicted molar refractivity (Wildman–Crippen MR) is 228 cm³/mol. The zero-order valence-electron chi connectivity index (χ0n) is 33.5. The number of H-pyrrole nitrogens is 1. The Balaban J connectivity index is 0.000000177. The Kier molecular flexibility index (Phi) is 14.6. The van der Waals surface area contributed by atoms with Crippen LogP contribution in [0.4, 0.5) is 30.2 Å². The number of anilines is 1. The fourth-order valence-electron chi connectivity index (χ4n) is 6.00. The number of nitrogens with one attached hydrogen (secondary N) is 2. The minimum absolute atomic E-state index is 0.0448. The largest absolute Gasteiger partial charge is 0.493 e. The molecule has 0 spiro atoms. The molecule has 63 heavy (non-hydrogen) atoms. The third-order valence-corrected chi connectivity index (χ3v) is 9.16. The molecule has 0 saturated carbocycles. The fraction of sp³-hybridized carbons (Fsp3) is 0.109. The molecule has 1 aliphatic heterocycles. The lowest BCUT2D eigenvalue weighted by Crippen LogP contribution is -2.13. The van der Waals surface area contributed by atoms with Crippen LogP contribution in [0.3, 0.4) is 0 Å².